The molecule has 0 aliphatic heterocycles. The van der Waals surface area contributed by atoms with Crippen LogP contribution in [0.4, 0.5) is 0 Å². The molecule has 0 heterocycles. The van der Waals surface area contributed by atoms with Gasteiger partial charge in [-0.1, -0.05) is 0 Å². The van der Waals surface area contributed by atoms with Gasteiger partial charge in [-0.25, -0.2) is 0 Å². The highest BCUT2D eigenvalue weighted by molar-refractivity contribution is 5.91. The average Bonchev–Trinajstić information content (AvgIpc) is 1.84. The number of allylic oxidation sites excluding steroid dienone is 1. The van der Waals surface area contributed by atoms with Crippen molar-refractivity contribution >= 4 is 5.91 Å². The second-order valence-electron chi connectivity index (χ2n) is 1.75. The molecule has 3 nitrogen and oxygen atoms in total. The van der Waals surface area contributed by atoms with Crippen molar-refractivity contribution in [3.05, 3.63) is 11.3 Å². The SMILES string of the molecule is CO/C(C)=C(/C)C(N)=O. The third kappa shape index (κ3) is 2.17. The van der Waals surface area contributed by atoms with E-state index in [0.717, 1.165) is 0 Å². The van der Waals surface area contributed by atoms with Gasteiger partial charge in [0.2, 0.25) is 5.91 Å². The molecule has 0 aromatic heterocycles. The minimum atomic E-state index is -0.436. The molecule has 0 rings (SSSR count). The van der Waals surface area contributed by atoms with Crippen LogP contribution in [0.25, 0.3) is 0 Å². The molecule has 0 aliphatic rings. The maximum atomic E-state index is 10.4. The van der Waals surface area contributed by atoms with Crippen LogP contribution < -0.4 is 5.73 Å². The van der Waals surface area contributed by atoms with Crippen LogP contribution in [-0.2, 0) is 9.53 Å². The Morgan fingerprint density at radius 2 is 1.89 bits per heavy atom. The zero-order chi connectivity index (χ0) is 7.44. The Hall–Kier alpha value is -0.990. The summed E-state index contributed by atoms with van der Waals surface area (Å²) in [4.78, 5) is 10.4. The Morgan fingerprint density at radius 1 is 1.44 bits per heavy atom. The van der Waals surface area contributed by atoms with Gasteiger partial charge in [0.25, 0.3) is 0 Å². The summed E-state index contributed by atoms with van der Waals surface area (Å²) in [5, 5.41) is 0. The molecule has 0 atom stereocenters. The van der Waals surface area contributed by atoms with Gasteiger partial charge in [-0.2, -0.15) is 0 Å². The van der Waals surface area contributed by atoms with Crippen LogP contribution in [0.2, 0.25) is 0 Å². The summed E-state index contributed by atoms with van der Waals surface area (Å²) in [5.74, 6) is 0.136. The lowest BCUT2D eigenvalue weighted by Gasteiger charge is -2.00. The first-order valence-corrected chi connectivity index (χ1v) is 2.61. The van der Waals surface area contributed by atoms with Crippen molar-refractivity contribution < 1.29 is 9.53 Å². The Balaban J connectivity index is 4.28. The van der Waals surface area contributed by atoms with Crippen LogP contribution in [0.3, 0.4) is 0 Å². The molecule has 1 amide bonds. The number of amides is 1. The monoisotopic (exact) mass is 129 g/mol. The van der Waals surface area contributed by atoms with Crippen molar-refractivity contribution in [3.8, 4) is 0 Å². The largest absolute Gasteiger partial charge is 0.501 e. The predicted octanol–water partition coefficient (Wildman–Crippen LogP) is 0.412. The summed E-state index contributed by atoms with van der Waals surface area (Å²) in [5.41, 5.74) is 5.41. The number of hydrogen-bond acceptors (Lipinski definition) is 2. The molecule has 0 aromatic carbocycles. The first-order chi connectivity index (χ1) is 4.09. The maximum absolute atomic E-state index is 10.4. The van der Waals surface area contributed by atoms with Crippen molar-refractivity contribution in [2.75, 3.05) is 7.11 Å². The van der Waals surface area contributed by atoms with Crippen LogP contribution in [0, 0.1) is 0 Å². The van der Waals surface area contributed by atoms with Gasteiger partial charge in [-0.3, -0.25) is 4.79 Å². The van der Waals surface area contributed by atoms with E-state index in [4.69, 9.17) is 10.5 Å². The molecule has 0 spiro atoms. The molecule has 52 valence electrons. The molecule has 0 unspecified atom stereocenters. The number of rotatable bonds is 2. The Kier molecular flexibility index (Phi) is 2.78. The van der Waals surface area contributed by atoms with Gasteiger partial charge in [0.15, 0.2) is 0 Å². The topological polar surface area (TPSA) is 52.3 Å². The molecule has 0 saturated heterocycles. The van der Waals surface area contributed by atoms with E-state index in [2.05, 4.69) is 0 Å². The third-order valence-corrected chi connectivity index (χ3v) is 1.20. The lowest BCUT2D eigenvalue weighted by atomic mass is 10.2. The minimum absolute atomic E-state index is 0.436. The van der Waals surface area contributed by atoms with Gasteiger partial charge >= 0.3 is 0 Å². The van der Waals surface area contributed by atoms with Gasteiger partial charge < -0.3 is 10.5 Å². The maximum Gasteiger partial charge on any atom is 0.247 e. The smallest absolute Gasteiger partial charge is 0.247 e. The van der Waals surface area contributed by atoms with Crippen molar-refractivity contribution in [3.63, 3.8) is 0 Å². The highest BCUT2D eigenvalue weighted by Crippen LogP contribution is 2.01. The van der Waals surface area contributed by atoms with Crippen LogP contribution in [0.5, 0.6) is 0 Å². The molecule has 9 heavy (non-hydrogen) atoms. The number of methoxy groups -OCH3 is 1. The van der Waals surface area contributed by atoms with E-state index >= 15 is 0 Å². The predicted molar refractivity (Wildman–Crippen MR) is 34.6 cm³/mol. The van der Waals surface area contributed by atoms with Crippen molar-refractivity contribution in [2.24, 2.45) is 5.73 Å². The van der Waals surface area contributed by atoms with Crippen LogP contribution in [-0.4, -0.2) is 13.0 Å². The standard InChI is InChI=1S/C6H11NO2/c1-4(6(7)8)5(2)9-3/h1-3H3,(H2,7,8)/b5-4-. The molecule has 0 bridgehead atoms. The van der Waals surface area contributed by atoms with E-state index in [0.29, 0.717) is 11.3 Å². The normalized spacial score (nSPS) is 12.3. The lowest BCUT2D eigenvalue weighted by Crippen LogP contribution is -2.13. The molecular formula is C6H11NO2. The van der Waals surface area contributed by atoms with Gasteiger partial charge in [-0.05, 0) is 13.8 Å². The van der Waals surface area contributed by atoms with Crippen LogP contribution in [0.15, 0.2) is 11.3 Å². The van der Waals surface area contributed by atoms with Gasteiger partial charge in [0.1, 0.15) is 5.76 Å². The molecule has 0 aliphatic carbocycles. The fraction of sp³-hybridized carbons (Fsp3) is 0.500. The van der Waals surface area contributed by atoms with Gasteiger partial charge in [0, 0.05) is 0 Å². The summed E-state index contributed by atoms with van der Waals surface area (Å²) in [6.45, 7) is 3.32. The highest BCUT2D eigenvalue weighted by atomic mass is 16.5. The van der Waals surface area contributed by atoms with Crippen molar-refractivity contribution in [1.82, 2.24) is 0 Å². The zero-order valence-corrected chi connectivity index (χ0v) is 5.89. The van der Waals surface area contributed by atoms with E-state index < -0.39 is 5.91 Å². The number of ether oxygens (including phenoxy) is 1. The average molecular weight is 129 g/mol. The zero-order valence-electron chi connectivity index (χ0n) is 5.89. The third-order valence-electron chi connectivity index (χ3n) is 1.20. The van der Waals surface area contributed by atoms with E-state index in [1.165, 1.54) is 7.11 Å². The summed E-state index contributed by atoms with van der Waals surface area (Å²) < 4.78 is 4.75. The van der Waals surface area contributed by atoms with E-state index in [-0.39, 0.29) is 0 Å². The summed E-state index contributed by atoms with van der Waals surface area (Å²) in [6.07, 6.45) is 0. The van der Waals surface area contributed by atoms with Crippen LogP contribution >= 0.6 is 0 Å². The number of primary amides is 1. The molecule has 0 radical (unpaired) electrons. The second kappa shape index (κ2) is 3.12. The molecular weight excluding hydrogens is 118 g/mol. The molecule has 0 fully saturated rings. The van der Waals surface area contributed by atoms with Crippen molar-refractivity contribution in [2.45, 2.75) is 13.8 Å². The summed E-state index contributed by atoms with van der Waals surface area (Å²) in [7, 11) is 1.50. The first-order valence-electron chi connectivity index (χ1n) is 2.61. The number of nitrogens with two attached hydrogens (primary N) is 1. The number of hydrogen-bond donors (Lipinski definition) is 1. The highest BCUT2D eigenvalue weighted by Gasteiger charge is 2.00. The molecule has 0 aromatic rings. The second-order valence-corrected chi connectivity index (χ2v) is 1.75. The van der Waals surface area contributed by atoms with E-state index in [9.17, 15) is 4.79 Å². The van der Waals surface area contributed by atoms with Crippen molar-refractivity contribution in [1.29, 1.82) is 0 Å². The van der Waals surface area contributed by atoms with E-state index in [1.54, 1.807) is 13.8 Å². The summed E-state index contributed by atoms with van der Waals surface area (Å²) >= 11 is 0. The lowest BCUT2D eigenvalue weighted by molar-refractivity contribution is -0.114. The van der Waals surface area contributed by atoms with Gasteiger partial charge in [0.05, 0.1) is 12.7 Å². The Labute approximate surface area is 54.5 Å². The van der Waals surface area contributed by atoms with Crippen LogP contribution in [0.1, 0.15) is 13.8 Å². The molecule has 0 saturated carbocycles. The quantitative estimate of drug-likeness (QED) is 0.433. The first kappa shape index (κ1) is 8.01. The fourth-order valence-corrected chi connectivity index (χ4v) is 0.327. The molecule has 3 heteroatoms. The minimum Gasteiger partial charge on any atom is -0.501 e. The number of carbonyl (C=O) groups excluding carboxylic acids is 1. The van der Waals surface area contributed by atoms with E-state index in [1.807, 2.05) is 0 Å². The summed E-state index contributed by atoms with van der Waals surface area (Å²) in [6, 6.07) is 0. The Bertz CT molecular complexity index is 149. The molecule has 2 N–H and O–H groups in total. The number of carbonyl (C=O) groups is 1. The fourth-order valence-electron chi connectivity index (χ4n) is 0.327. The Morgan fingerprint density at radius 3 is 2.00 bits per heavy atom. The van der Waals surface area contributed by atoms with Gasteiger partial charge in [-0.15, -0.1) is 0 Å².